The van der Waals surface area contributed by atoms with Crippen LogP contribution in [0.1, 0.15) is 39.0 Å². The van der Waals surface area contributed by atoms with E-state index in [1.54, 1.807) is 0 Å². The quantitative estimate of drug-likeness (QED) is 0.755. The molecular formula is C12H22N2O3S. The van der Waals surface area contributed by atoms with Gasteiger partial charge in [-0.05, 0) is 32.6 Å². The van der Waals surface area contributed by atoms with Gasteiger partial charge in [0.1, 0.15) is 5.25 Å². The molecule has 0 aliphatic carbocycles. The van der Waals surface area contributed by atoms with Crippen LogP contribution in [-0.4, -0.2) is 44.0 Å². The minimum Gasteiger partial charge on any atom is -0.351 e. The molecule has 104 valence electrons. The zero-order valence-corrected chi connectivity index (χ0v) is 11.6. The second-order valence-electron chi connectivity index (χ2n) is 5.44. The van der Waals surface area contributed by atoms with E-state index in [1.165, 1.54) is 0 Å². The van der Waals surface area contributed by atoms with Crippen LogP contribution >= 0.6 is 0 Å². The van der Waals surface area contributed by atoms with E-state index >= 15 is 0 Å². The Bertz CT molecular complexity index is 400. The first-order chi connectivity index (χ1) is 8.49. The average molecular weight is 274 g/mol. The van der Waals surface area contributed by atoms with Crippen molar-refractivity contribution in [1.29, 1.82) is 0 Å². The van der Waals surface area contributed by atoms with Crippen LogP contribution in [0.15, 0.2) is 0 Å². The monoisotopic (exact) mass is 274 g/mol. The lowest BCUT2D eigenvalue weighted by atomic mass is 10.0. The number of carbonyl (C=O) groups excluding carboxylic acids is 1. The van der Waals surface area contributed by atoms with E-state index in [0.717, 1.165) is 25.8 Å². The Labute approximate surface area is 109 Å². The van der Waals surface area contributed by atoms with Crippen molar-refractivity contribution in [1.82, 2.24) is 10.6 Å². The molecule has 0 aromatic heterocycles. The highest BCUT2D eigenvalue weighted by Gasteiger charge is 2.35. The molecule has 6 heteroatoms. The van der Waals surface area contributed by atoms with Crippen molar-refractivity contribution in [2.24, 2.45) is 0 Å². The Hall–Kier alpha value is -0.620. The maximum Gasteiger partial charge on any atom is 0.238 e. The van der Waals surface area contributed by atoms with E-state index in [-0.39, 0.29) is 17.7 Å². The van der Waals surface area contributed by atoms with Crippen molar-refractivity contribution >= 4 is 15.7 Å². The fraction of sp³-hybridized carbons (Fsp3) is 0.917. The fourth-order valence-electron chi connectivity index (χ4n) is 2.67. The van der Waals surface area contributed by atoms with Crippen LogP contribution in [0.25, 0.3) is 0 Å². The SMILES string of the molecule is CC1CCC(NC(=O)C2CCCCS2(=O)=O)CN1. The number of nitrogens with one attached hydrogen (secondary N) is 2. The molecule has 2 rings (SSSR count). The second-order valence-corrected chi connectivity index (χ2v) is 7.75. The molecule has 5 nitrogen and oxygen atoms in total. The van der Waals surface area contributed by atoms with E-state index in [4.69, 9.17) is 0 Å². The van der Waals surface area contributed by atoms with Gasteiger partial charge in [0.05, 0.1) is 5.75 Å². The molecule has 2 N–H and O–H groups in total. The molecule has 3 unspecified atom stereocenters. The highest BCUT2D eigenvalue weighted by atomic mass is 32.2. The zero-order chi connectivity index (χ0) is 13.2. The summed E-state index contributed by atoms with van der Waals surface area (Å²) in [5.74, 6) is -0.138. The molecule has 0 saturated carbocycles. The Morgan fingerprint density at radius 2 is 2.00 bits per heavy atom. The van der Waals surface area contributed by atoms with E-state index in [2.05, 4.69) is 17.6 Å². The summed E-state index contributed by atoms with van der Waals surface area (Å²) in [6, 6.07) is 0.558. The van der Waals surface area contributed by atoms with Crippen molar-refractivity contribution in [3.8, 4) is 0 Å². The summed E-state index contributed by atoms with van der Waals surface area (Å²) < 4.78 is 23.7. The van der Waals surface area contributed by atoms with Crippen molar-refractivity contribution in [3.63, 3.8) is 0 Å². The van der Waals surface area contributed by atoms with E-state index in [9.17, 15) is 13.2 Å². The minimum absolute atomic E-state index is 0.0748. The van der Waals surface area contributed by atoms with Crippen molar-refractivity contribution in [2.45, 2.75) is 56.4 Å². The summed E-state index contributed by atoms with van der Waals surface area (Å²) in [5, 5.41) is 5.37. The molecule has 0 bridgehead atoms. The predicted molar refractivity (Wildman–Crippen MR) is 70.1 cm³/mol. The lowest BCUT2D eigenvalue weighted by Gasteiger charge is -2.30. The Morgan fingerprint density at radius 3 is 2.61 bits per heavy atom. The number of sulfone groups is 1. The van der Waals surface area contributed by atoms with Crippen LogP contribution in [0.5, 0.6) is 0 Å². The molecule has 18 heavy (non-hydrogen) atoms. The van der Waals surface area contributed by atoms with Crippen LogP contribution < -0.4 is 10.6 Å². The van der Waals surface area contributed by atoms with Gasteiger partial charge in [-0.25, -0.2) is 8.42 Å². The molecule has 2 aliphatic heterocycles. The summed E-state index contributed by atoms with van der Waals surface area (Å²) >= 11 is 0. The molecule has 2 heterocycles. The highest BCUT2D eigenvalue weighted by Crippen LogP contribution is 2.20. The predicted octanol–water partition coefficient (Wildman–Crippen LogP) is 0.210. The number of piperidine rings is 1. The normalized spacial score (nSPS) is 35.9. The topological polar surface area (TPSA) is 75.3 Å². The molecule has 3 atom stereocenters. The molecule has 0 aromatic carbocycles. The zero-order valence-electron chi connectivity index (χ0n) is 10.8. The van der Waals surface area contributed by atoms with Crippen LogP contribution in [0, 0.1) is 0 Å². The molecule has 2 aliphatic rings. The fourth-order valence-corrected chi connectivity index (χ4v) is 4.48. The van der Waals surface area contributed by atoms with E-state index in [1.807, 2.05) is 0 Å². The number of amides is 1. The van der Waals surface area contributed by atoms with Crippen molar-refractivity contribution in [3.05, 3.63) is 0 Å². The summed E-state index contributed by atoms with van der Waals surface area (Å²) in [6.45, 7) is 2.85. The first kappa shape index (κ1) is 13.8. The largest absolute Gasteiger partial charge is 0.351 e. The van der Waals surface area contributed by atoms with Crippen molar-refractivity contribution in [2.75, 3.05) is 12.3 Å². The second kappa shape index (κ2) is 5.57. The number of rotatable bonds is 2. The molecule has 1 amide bonds. The van der Waals surface area contributed by atoms with Gasteiger partial charge in [-0.2, -0.15) is 0 Å². The minimum atomic E-state index is -3.22. The van der Waals surface area contributed by atoms with Crippen LogP contribution in [-0.2, 0) is 14.6 Å². The molecular weight excluding hydrogens is 252 g/mol. The maximum atomic E-state index is 12.0. The third-order valence-corrected chi connectivity index (χ3v) is 6.05. The van der Waals surface area contributed by atoms with Crippen LogP contribution in [0.3, 0.4) is 0 Å². The third-order valence-electron chi connectivity index (χ3n) is 3.88. The van der Waals surface area contributed by atoms with Crippen LogP contribution in [0.4, 0.5) is 0 Å². The number of hydrogen-bond acceptors (Lipinski definition) is 4. The summed E-state index contributed by atoms with van der Waals surface area (Å²) in [6.07, 6.45) is 3.94. The third kappa shape index (κ3) is 3.23. The maximum absolute atomic E-state index is 12.0. The first-order valence-electron chi connectivity index (χ1n) is 6.74. The van der Waals surface area contributed by atoms with Gasteiger partial charge in [0.2, 0.25) is 5.91 Å². The van der Waals surface area contributed by atoms with Gasteiger partial charge in [0, 0.05) is 18.6 Å². The number of carbonyl (C=O) groups is 1. The van der Waals surface area contributed by atoms with Gasteiger partial charge < -0.3 is 10.6 Å². The van der Waals surface area contributed by atoms with Gasteiger partial charge in [0.25, 0.3) is 0 Å². The summed E-state index contributed by atoms with van der Waals surface area (Å²) in [7, 11) is -3.22. The Morgan fingerprint density at radius 1 is 1.22 bits per heavy atom. The van der Waals surface area contributed by atoms with Crippen molar-refractivity contribution < 1.29 is 13.2 Å². The van der Waals surface area contributed by atoms with Gasteiger partial charge in [-0.15, -0.1) is 0 Å². The van der Waals surface area contributed by atoms with Crippen LogP contribution in [0.2, 0.25) is 0 Å². The highest BCUT2D eigenvalue weighted by molar-refractivity contribution is 7.92. The average Bonchev–Trinajstić information content (AvgIpc) is 2.31. The number of hydrogen-bond donors (Lipinski definition) is 2. The van der Waals surface area contributed by atoms with Gasteiger partial charge in [-0.1, -0.05) is 6.42 Å². The molecule has 0 spiro atoms. The molecule has 0 radical (unpaired) electrons. The summed E-state index contributed by atoms with van der Waals surface area (Å²) in [4.78, 5) is 12.0. The van der Waals surface area contributed by atoms with Gasteiger partial charge >= 0.3 is 0 Å². The molecule has 2 fully saturated rings. The standard InChI is InChI=1S/C12H22N2O3S/c1-9-5-6-10(8-13-9)14-12(15)11-4-2-3-7-18(11,16)17/h9-11,13H,2-8H2,1H3,(H,14,15). The lowest BCUT2D eigenvalue weighted by molar-refractivity contribution is -0.121. The molecule has 2 saturated heterocycles. The Balaban J connectivity index is 1.91. The Kier molecular flexibility index (Phi) is 4.27. The molecule has 0 aromatic rings. The smallest absolute Gasteiger partial charge is 0.238 e. The summed E-state index contributed by atoms with van der Waals surface area (Å²) in [5.41, 5.74) is 0. The first-order valence-corrected chi connectivity index (χ1v) is 8.46. The van der Waals surface area contributed by atoms with Gasteiger partial charge in [0.15, 0.2) is 9.84 Å². The van der Waals surface area contributed by atoms with Gasteiger partial charge in [-0.3, -0.25) is 4.79 Å². The lowest BCUT2D eigenvalue weighted by Crippen LogP contribution is -2.52. The van der Waals surface area contributed by atoms with E-state index in [0.29, 0.717) is 18.9 Å². The van der Waals surface area contributed by atoms with E-state index < -0.39 is 15.1 Å².